The highest BCUT2D eigenvalue weighted by Crippen LogP contribution is 2.18. The van der Waals surface area contributed by atoms with Gasteiger partial charge < -0.3 is 9.47 Å². The predicted octanol–water partition coefficient (Wildman–Crippen LogP) is 2.17. The zero-order valence-electron chi connectivity index (χ0n) is 9.93. The summed E-state index contributed by atoms with van der Waals surface area (Å²) in [5, 5.41) is 0. The van der Waals surface area contributed by atoms with E-state index in [4.69, 9.17) is 0 Å². The van der Waals surface area contributed by atoms with E-state index in [0.717, 1.165) is 24.9 Å². The zero-order valence-corrected chi connectivity index (χ0v) is 9.93. The molecule has 0 N–H and O–H groups in total. The summed E-state index contributed by atoms with van der Waals surface area (Å²) in [5.41, 5.74) is 0.790. The minimum absolute atomic E-state index is 0.690. The van der Waals surface area contributed by atoms with Gasteiger partial charge in [-0.1, -0.05) is 6.42 Å². The molecule has 3 heteroatoms. The number of carbonyl (C=O) groups excluding carboxylic acids is 1. The van der Waals surface area contributed by atoms with Gasteiger partial charge in [0.05, 0.1) is 5.69 Å². The predicted molar refractivity (Wildman–Crippen MR) is 64.7 cm³/mol. The Kier molecular flexibility index (Phi) is 3.78. The average molecular weight is 220 g/mol. The van der Waals surface area contributed by atoms with Crippen LogP contribution in [0.4, 0.5) is 0 Å². The minimum atomic E-state index is 0.690. The lowest BCUT2D eigenvalue weighted by molar-refractivity contribution is 0.111. The van der Waals surface area contributed by atoms with Crippen LogP contribution in [-0.2, 0) is 6.54 Å². The van der Waals surface area contributed by atoms with E-state index in [2.05, 4.69) is 16.5 Å². The zero-order chi connectivity index (χ0) is 11.4. The summed E-state index contributed by atoms with van der Waals surface area (Å²) in [6.07, 6.45) is 8.05. The van der Waals surface area contributed by atoms with Gasteiger partial charge in [-0.05, 0) is 45.0 Å². The van der Waals surface area contributed by atoms with E-state index in [1.807, 2.05) is 18.3 Å². The number of aromatic nitrogens is 1. The van der Waals surface area contributed by atoms with Gasteiger partial charge in [-0.2, -0.15) is 0 Å². The first-order valence-corrected chi connectivity index (χ1v) is 6.12. The molecule has 88 valence electrons. The first-order valence-electron chi connectivity index (χ1n) is 6.12. The fraction of sp³-hybridized carbons (Fsp3) is 0.615. The molecule has 1 saturated heterocycles. The van der Waals surface area contributed by atoms with Crippen LogP contribution in [0, 0.1) is 0 Å². The number of rotatable bonds is 4. The van der Waals surface area contributed by atoms with Gasteiger partial charge in [0.2, 0.25) is 0 Å². The van der Waals surface area contributed by atoms with E-state index >= 15 is 0 Å². The van der Waals surface area contributed by atoms with E-state index in [9.17, 15) is 4.79 Å². The number of piperidine rings is 1. The Bertz CT molecular complexity index is 345. The van der Waals surface area contributed by atoms with Gasteiger partial charge in [-0.3, -0.25) is 4.79 Å². The van der Waals surface area contributed by atoms with Crippen LogP contribution < -0.4 is 0 Å². The van der Waals surface area contributed by atoms with Crippen molar-refractivity contribution >= 4 is 6.29 Å². The highest BCUT2D eigenvalue weighted by atomic mass is 16.1. The molecule has 1 aliphatic heterocycles. The van der Waals surface area contributed by atoms with Crippen LogP contribution in [-0.4, -0.2) is 35.4 Å². The Morgan fingerprint density at radius 2 is 2.38 bits per heavy atom. The molecule has 1 aromatic rings. The lowest BCUT2D eigenvalue weighted by Crippen LogP contribution is -2.36. The van der Waals surface area contributed by atoms with E-state index in [1.54, 1.807) is 0 Å². The molecule has 0 amide bonds. The first kappa shape index (κ1) is 11.4. The molecule has 0 aliphatic carbocycles. The Morgan fingerprint density at radius 3 is 3.12 bits per heavy atom. The standard InChI is InChI=1S/C13H20N2O/c1-14-8-3-2-5-12(14)7-10-15-9-4-6-13(15)11-16/h4,6,9,11-12H,2-3,5,7-8,10H2,1H3. The minimum Gasteiger partial charge on any atom is -0.345 e. The quantitative estimate of drug-likeness (QED) is 0.727. The summed E-state index contributed by atoms with van der Waals surface area (Å²) in [6, 6.07) is 4.50. The highest BCUT2D eigenvalue weighted by Gasteiger charge is 2.18. The van der Waals surface area contributed by atoms with Gasteiger partial charge in [-0.25, -0.2) is 0 Å². The summed E-state index contributed by atoms with van der Waals surface area (Å²) < 4.78 is 2.05. The monoisotopic (exact) mass is 220 g/mol. The van der Waals surface area contributed by atoms with E-state index in [-0.39, 0.29) is 0 Å². The van der Waals surface area contributed by atoms with E-state index in [0.29, 0.717) is 6.04 Å². The maximum absolute atomic E-state index is 10.8. The van der Waals surface area contributed by atoms with Crippen molar-refractivity contribution < 1.29 is 4.79 Å². The van der Waals surface area contributed by atoms with Crippen LogP contribution in [0.25, 0.3) is 0 Å². The lowest BCUT2D eigenvalue weighted by atomic mass is 10.0. The topological polar surface area (TPSA) is 25.2 Å². The first-order chi connectivity index (χ1) is 7.81. The van der Waals surface area contributed by atoms with Gasteiger partial charge in [-0.15, -0.1) is 0 Å². The van der Waals surface area contributed by atoms with Gasteiger partial charge in [0.15, 0.2) is 6.29 Å². The second kappa shape index (κ2) is 5.30. The number of aldehydes is 1. The normalized spacial score (nSPS) is 22.2. The molecule has 1 aromatic heterocycles. The number of aryl methyl sites for hydroxylation is 1. The van der Waals surface area contributed by atoms with Gasteiger partial charge in [0.1, 0.15) is 0 Å². The van der Waals surface area contributed by atoms with Crippen molar-refractivity contribution in [2.75, 3.05) is 13.6 Å². The van der Waals surface area contributed by atoms with Crippen LogP contribution in [0.5, 0.6) is 0 Å². The van der Waals surface area contributed by atoms with Crippen molar-refractivity contribution in [1.82, 2.24) is 9.47 Å². The molecule has 0 bridgehead atoms. The summed E-state index contributed by atoms with van der Waals surface area (Å²) in [5.74, 6) is 0. The molecule has 2 heterocycles. The third-order valence-corrected chi connectivity index (χ3v) is 3.61. The van der Waals surface area contributed by atoms with E-state index < -0.39 is 0 Å². The summed E-state index contributed by atoms with van der Waals surface area (Å²) in [6.45, 7) is 2.17. The van der Waals surface area contributed by atoms with Crippen molar-refractivity contribution in [2.45, 2.75) is 38.3 Å². The smallest absolute Gasteiger partial charge is 0.166 e. The lowest BCUT2D eigenvalue weighted by Gasteiger charge is -2.32. The van der Waals surface area contributed by atoms with Crippen LogP contribution in [0.2, 0.25) is 0 Å². The Labute approximate surface area is 97.1 Å². The van der Waals surface area contributed by atoms with Crippen molar-refractivity contribution in [3.63, 3.8) is 0 Å². The molecule has 1 unspecified atom stereocenters. The molecular weight excluding hydrogens is 200 g/mol. The molecule has 0 radical (unpaired) electrons. The van der Waals surface area contributed by atoms with Gasteiger partial charge in [0, 0.05) is 18.8 Å². The molecule has 0 spiro atoms. The molecule has 1 atom stereocenters. The molecule has 0 saturated carbocycles. The third-order valence-electron chi connectivity index (χ3n) is 3.61. The number of hydrogen-bond acceptors (Lipinski definition) is 2. The Hall–Kier alpha value is -1.09. The molecule has 2 rings (SSSR count). The maximum Gasteiger partial charge on any atom is 0.166 e. The van der Waals surface area contributed by atoms with Crippen LogP contribution in [0.1, 0.15) is 36.2 Å². The Morgan fingerprint density at radius 1 is 1.50 bits per heavy atom. The second-order valence-corrected chi connectivity index (χ2v) is 4.66. The number of likely N-dealkylation sites (tertiary alicyclic amines) is 1. The average Bonchev–Trinajstić information content (AvgIpc) is 2.75. The SMILES string of the molecule is CN1CCCCC1CCn1cccc1C=O. The molecule has 1 aliphatic rings. The number of carbonyl (C=O) groups is 1. The largest absolute Gasteiger partial charge is 0.345 e. The van der Waals surface area contributed by atoms with Crippen molar-refractivity contribution in [3.8, 4) is 0 Å². The maximum atomic E-state index is 10.8. The molecule has 16 heavy (non-hydrogen) atoms. The summed E-state index contributed by atoms with van der Waals surface area (Å²) in [4.78, 5) is 13.2. The van der Waals surface area contributed by atoms with Crippen molar-refractivity contribution in [1.29, 1.82) is 0 Å². The second-order valence-electron chi connectivity index (χ2n) is 4.66. The van der Waals surface area contributed by atoms with Crippen molar-refractivity contribution in [2.24, 2.45) is 0 Å². The molecule has 3 nitrogen and oxygen atoms in total. The van der Waals surface area contributed by atoms with Crippen LogP contribution in [0.3, 0.4) is 0 Å². The van der Waals surface area contributed by atoms with Crippen LogP contribution in [0.15, 0.2) is 18.3 Å². The number of hydrogen-bond donors (Lipinski definition) is 0. The molecular formula is C13H20N2O. The molecule has 0 aromatic carbocycles. The van der Waals surface area contributed by atoms with Crippen molar-refractivity contribution in [3.05, 3.63) is 24.0 Å². The number of nitrogens with zero attached hydrogens (tertiary/aromatic N) is 2. The summed E-state index contributed by atoms with van der Waals surface area (Å²) >= 11 is 0. The highest BCUT2D eigenvalue weighted by molar-refractivity contribution is 5.72. The fourth-order valence-electron chi connectivity index (χ4n) is 2.53. The van der Waals surface area contributed by atoms with Gasteiger partial charge in [0.25, 0.3) is 0 Å². The van der Waals surface area contributed by atoms with Gasteiger partial charge >= 0.3 is 0 Å². The fourth-order valence-corrected chi connectivity index (χ4v) is 2.53. The van der Waals surface area contributed by atoms with Crippen LogP contribution >= 0.6 is 0 Å². The Balaban J connectivity index is 1.89. The third kappa shape index (κ3) is 2.53. The molecule has 1 fully saturated rings. The van der Waals surface area contributed by atoms with E-state index in [1.165, 1.54) is 25.8 Å². The summed E-state index contributed by atoms with van der Waals surface area (Å²) in [7, 11) is 2.21.